The van der Waals surface area contributed by atoms with E-state index in [0.29, 0.717) is 0 Å². The zero-order valence-electron chi connectivity index (χ0n) is 15.1. The van der Waals surface area contributed by atoms with Gasteiger partial charge >= 0.3 is 0 Å². The molecule has 0 saturated carbocycles. The Morgan fingerprint density at radius 1 is 0.889 bits per heavy atom. The molecule has 5 heteroatoms. The third-order valence-corrected chi connectivity index (χ3v) is 5.53. The van der Waals surface area contributed by atoms with Crippen LogP contribution in [0.2, 0.25) is 0 Å². The van der Waals surface area contributed by atoms with Crippen molar-refractivity contribution < 1.29 is 9.53 Å². The van der Waals surface area contributed by atoms with Crippen LogP contribution in [-0.2, 0) is 6.54 Å². The Kier molecular flexibility index (Phi) is 5.51. The van der Waals surface area contributed by atoms with Crippen LogP contribution in [0.25, 0.3) is 0 Å². The number of hydrogen-bond acceptors (Lipinski definition) is 4. The summed E-state index contributed by atoms with van der Waals surface area (Å²) in [6, 6.07) is 21.9. The molecule has 0 atom stereocenters. The number of carbonyl (C=O) groups excluding carboxylic acids is 1. The Balaban J connectivity index is 1.32. The molecule has 1 fully saturated rings. The van der Waals surface area contributed by atoms with Gasteiger partial charge in [-0.05, 0) is 41.3 Å². The van der Waals surface area contributed by atoms with Crippen molar-refractivity contribution in [2.24, 2.45) is 0 Å². The van der Waals surface area contributed by atoms with Crippen molar-refractivity contribution in [2.45, 2.75) is 6.54 Å². The highest BCUT2D eigenvalue weighted by atomic mass is 32.1. The Morgan fingerprint density at radius 2 is 1.67 bits per heavy atom. The Labute approximate surface area is 163 Å². The molecule has 0 aliphatic carbocycles. The van der Waals surface area contributed by atoms with E-state index in [1.54, 1.807) is 0 Å². The second-order valence-electron chi connectivity index (χ2n) is 6.61. The zero-order chi connectivity index (χ0) is 18.5. The molecule has 4 nitrogen and oxygen atoms in total. The van der Waals surface area contributed by atoms with Crippen LogP contribution in [-0.4, -0.2) is 41.9 Å². The van der Waals surface area contributed by atoms with E-state index in [2.05, 4.69) is 17.0 Å². The van der Waals surface area contributed by atoms with Gasteiger partial charge in [-0.1, -0.05) is 36.4 Å². The quantitative estimate of drug-likeness (QED) is 0.655. The van der Waals surface area contributed by atoms with Gasteiger partial charge in [0.05, 0.1) is 4.88 Å². The first-order valence-electron chi connectivity index (χ1n) is 9.15. The van der Waals surface area contributed by atoms with E-state index in [1.165, 1.54) is 16.9 Å². The Morgan fingerprint density at radius 3 is 2.41 bits per heavy atom. The lowest BCUT2D eigenvalue weighted by molar-refractivity contribution is 0.0633. The van der Waals surface area contributed by atoms with Crippen molar-refractivity contribution in [3.05, 3.63) is 82.6 Å². The second-order valence-corrected chi connectivity index (χ2v) is 7.56. The SMILES string of the molecule is O=C(c1cccs1)N1CCN(Cc2cccc(Oc3ccccc3)c2)CC1. The maximum Gasteiger partial charge on any atom is 0.264 e. The molecular formula is C22H22N2O2S. The molecule has 0 bridgehead atoms. The number of carbonyl (C=O) groups is 1. The summed E-state index contributed by atoms with van der Waals surface area (Å²) in [6.07, 6.45) is 0. The van der Waals surface area contributed by atoms with Crippen LogP contribution in [0.3, 0.4) is 0 Å². The topological polar surface area (TPSA) is 32.8 Å². The molecule has 4 rings (SSSR count). The minimum atomic E-state index is 0.155. The zero-order valence-corrected chi connectivity index (χ0v) is 15.9. The summed E-state index contributed by atoms with van der Waals surface area (Å²) in [4.78, 5) is 17.6. The van der Waals surface area contributed by atoms with Gasteiger partial charge in [0.1, 0.15) is 11.5 Å². The summed E-state index contributed by atoms with van der Waals surface area (Å²) in [6.45, 7) is 4.20. The lowest BCUT2D eigenvalue weighted by Crippen LogP contribution is -2.48. The average Bonchev–Trinajstić information content (AvgIpc) is 3.24. The van der Waals surface area contributed by atoms with E-state index in [4.69, 9.17) is 4.74 Å². The van der Waals surface area contributed by atoms with Crippen LogP contribution >= 0.6 is 11.3 Å². The molecule has 2 heterocycles. The van der Waals surface area contributed by atoms with Gasteiger partial charge in [-0.15, -0.1) is 11.3 Å². The summed E-state index contributed by atoms with van der Waals surface area (Å²) in [5.41, 5.74) is 1.22. The third kappa shape index (κ3) is 4.56. The van der Waals surface area contributed by atoms with Crippen molar-refractivity contribution in [3.8, 4) is 11.5 Å². The van der Waals surface area contributed by atoms with Crippen molar-refractivity contribution in [1.29, 1.82) is 0 Å². The first-order valence-corrected chi connectivity index (χ1v) is 10.0. The lowest BCUT2D eigenvalue weighted by Gasteiger charge is -2.34. The van der Waals surface area contributed by atoms with Crippen molar-refractivity contribution >= 4 is 17.2 Å². The lowest BCUT2D eigenvalue weighted by atomic mass is 10.2. The molecule has 0 spiro atoms. The molecule has 0 N–H and O–H groups in total. The Bertz CT molecular complexity index is 872. The normalized spacial score (nSPS) is 14.9. The van der Waals surface area contributed by atoms with Gasteiger partial charge in [0.25, 0.3) is 5.91 Å². The van der Waals surface area contributed by atoms with E-state index in [9.17, 15) is 4.79 Å². The highest BCUT2D eigenvalue weighted by Gasteiger charge is 2.22. The predicted molar refractivity (Wildman–Crippen MR) is 108 cm³/mol. The minimum absolute atomic E-state index is 0.155. The van der Waals surface area contributed by atoms with Gasteiger partial charge in [-0.25, -0.2) is 0 Å². The molecule has 0 unspecified atom stereocenters. The minimum Gasteiger partial charge on any atom is -0.457 e. The van der Waals surface area contributed by atoms with Crippen LogP contribution in [0, 0.1) is 0 Å². The number of amides is 1. The van der Waals surface area contributed by atoms with E-state index < -0.39 is 0 Å². The summed E-state index contributed by atoms with van der Waals surface area (Å²) >= 11 is 1.51. The van der Waals surface area contributed by atoms with Crippen LogP contribution in [0.5, 0.6) is 11.5 Å². The van der Waals surface area contributed by atoms with Crippen molar-refractivity contribution in [1.82, 2.24) is 9.80 Å². The van der Waals surface area contributed by atoms with Crippen LogP contribution in [0.1, 0.15) is 15.2 Å². The number of ether oxygens (including phenoxy) is 1. The van der Waals surface area contributed by atoms with Crippen LogP contribution < -0.4 is 4.74 Å². The molecule has 1 aromatic heterocycles. The molecule has 27 heavy (non-hydrogen) atoms. The standard InChI is InChI=1S/C22H22N2O2S/c25-22(21-10-5-15-27-21)24-13-11-23(12-14-24)17-18-6-4-9-20(16-18)26-19-7-2-1-3-8-19/h1-10,15-16H,11-14,17H2. The molecule has 1 aliphatic heterocycles. The summed E-state index contributed by atoms with van der Waals surface area (Å²) in [5, 5.41) is 1.95. The highest BCUT2D eigenvalue weighted by Crippen LogP contribution is 2.23. The fourth-order valence-electron chi connectivity index (χ4n) is 3.26. The fourth-order valence-corrected chi connectivity index (χ4v) is 3.95. The molecule has 1 amide bonds. The molecule has 1 saturated heterocycles. The first kappa shape index (κ1) is 17.8. The van der Waals surface area contributed by atoms with Crippen molar-refractivity contribution in [2.75, 3.05) is 26.2 Å². The van der Waals surface area contributed by atoms with Gasteiger partial charge in [0.15, 0.2) is 0 Å². The van der Waals surface area contributed by atoms with Crippen molar-refractivity contribution in [3.63, 3.8) is 0 Å². The van der Waals surface area contributed by atoms with Gasteiger partial charge in [0.2, 0.25) is 0 Å². The van der Waals surface area contributed by atoms with E-state index in [1.807, 2.05) is 64.9 Å². The summed E-state index contributed by atoms with van der Waals surface area (Å²) in [5.74, 6) is 1.85. The molecule has 2 aromatic carbocycles. The molecule has 0 radical (unpaired) electrons. The van der Waals surface area contributed by atoms with Gasteiger partial charge in [0, 0.05) is 32.7 Å². The van der Waals surface area contributed by atoms with Crippen LogP contribution in [0.15, 0.2) is 72.1 Å². The Hall–Kier alpha value is -2.63. The predicted octanol–water partition coefficient (Wildman–Crippen LogP) is 4.50. The average molecular weight is 378 g/mol. The van der Waals surface area contributed by atoms with Crippen LogP contribution in [0.4, 0.5) is 0 Å². The highest BCUT2D eigenvalue weighted by molar-refractivity contribution is 7.12. The number of piperazine rings is 1. The number of nitrogens with zero attached hydrogens (tertiary/aromatic N) is 2. The van der Waals surface area contributed by atoms with Gasteiger partial charge in [-0.2, -0.15) is 0 Å². The maximum absolute atomic E-state index is 12.4. The van der Waals surface area contributed by atoms with Gasteiger partial charge < -0.3 is 9.64 Å². The third-order valence-electron chi connectivity index (χ3n) is 4.67. The fraction of sp³-hybridized carbons (Fsp3) is 0.227. The first-order chi connectivity index (χ1) is 13.3. The largest absolute Gasteiger partial charge is 0.457 e. The number of benzene rings is 2. The molecule has 3 aromatic rings. The number of rotatable bonds is 5. The molecule has 1 aliphatic rings. The maximum atomic E-state index is 12.4. The second kappa shape index (κ2) is 8.37. The summed E-state index contributed by atoms with van der Waals surface area (Å²) in [7, 11) is 0. The number of thiophene rings is 1. The number of hydrogen-bond donors (Lipinski definition) is 0. The monoisotopic (exact) mass is 378 g/mol. The smallest absolute Gasteiger partial charge is 0.264 e. The molecular weight excluding hydrogens is 356 g/mol. The van der Waals surface area contributed by atoms with E-state index in [-0.39, 0.29) is 5.91 Å². The summed E-state index contributed by atoms with van der Waals surface area (Å²) < 4.78 is 5.93. The van der Waals surface area contributed by atoms with E-state index in [0.717, 1.165) is 49.1 Å². The van der Waals surface area contributed by atoms with E-state index >= 15 is 0 Å². The number of para-hydroxylation sites is 1. The molecule has 138 valence electrons. The van der Waals surface area contributed by atoms with Gasteiger partial charge in [-0.3, -0.25) is 9.69 Å².